The minimum Gasteiger partial charge on any atom is -0.357 e. The Kier molecular flexibility index (Phi) is 9.66. The highest BCUT2D eigenvalue weighted by Crippen LogP contribution is 2.17. The van der Waals surface area contributed by atoms with Crippen molar-refractivity contribution in [1.29, 1.82) is 0 Å². The molecule has 0 aromatic heterocycles. The van der Waals surface area contributed by atoms with E-state index < -0.39 is 0 Å². The fraction of sp³-hybridized carbons (Fsp3) is 0.529. The van der Waals surface area contributed by atoms with E-state index in [-0.39, 0.29) is 29.9 Å². The minimum atomic E-state index is -0.0513. The number of carbonyl (C=O) groups is 1. The van der Waals surface area contributed by atoms with Crippen LogP contribution in [0.2, 0.25) is 0 Å². The summed E-state index contributed by atoms with van der Waals surface area (Å²) >= 11 is 0. The van der Waals surface area contributed by atoms with Crippen molar-refractivity contribution < 1.29 is 4.79 Å². The van der Waals surface area contributed by atoms with Crippen LogP contribution in [-0.2, 0) is 0 Å². The number of amides is 1. The quantitative estimate of drug-likeness (QED) is 0.281. The van der Waals surface area contributed by atoms with Gasteiger partial charge in [-0.1, -0.05) is 31.0 Å². The molecule has 3 N–H and O–H groups in total. The van der Waals surface area contributed by atoms with Crippen molar-refractivity contribution in [2.45, 2.75) is 38.6 Å². The Morgan fingerprint density at radius 3 is 2.52 bits per heavy atom. The van der Waals surface area contributed by atoms with Crippen LogP contribution in [0.4, 0.5) is 0 Å². The standard InChI is InChI=1S/C17H26N4O.HI/c1-2-18-17(21-15-10-6-7-11-15)20-13-12-19-16(22)14-8-4-3-5-9-14;/h3-5,8-9,15H,2,6-7,10-13H2,1H3,(H,19,22)(H2,18,20,21);1H. The van der Waals surface area contributed by atoms with Gasteiger partial charge in [-0.2, -0.15) is 0 Å². The molecule has 1 aromatic rings. The van der Waals surface area contributed by atoms with Gasteiger partial charge in [0.2, 0.25) is 0 Å². The lowest BCUT2D eigenvalue weighted by Gasteiger charge is -2.16. The molecular weight excluding hydrogens is 403 g/mol. The van der Waals surface area contributed by atoms with Crippen LogP contribution < -0.4 is 16.0 Å². The number of carbonyl (C=O) groups excluding carboxylic acids is 1. The fourth-order valence-electron chi connectivity index (χ4n) is 2.61. The van der Waals surface area contributed by atoms with Crippen LogP contribution in [-0.4, -0.2) is 37.5 Å². The molecule has 1 aliphatic carbocycles. The normalized spacial score (nSPS) is 14.9. The number of nitrogens with one attached hydrogen (secondary N) is 3. The van der Waals surface area contributed by atoms with Crippen molar-refractivity contribution in [3.8, 4) is 0 Å². The summed E-state index contributed by atoms with van der Waals surface area (Å²) in [6.45, 7) is 4.01. The van der Waals surface area contributed by atoms with Crippen molar-refractivity contribution in [1.82, 2.24) is 16.0 Å². The van der Waals surface area contributed by atoms with Gasteiger partial charge in [0.25, 0.3) is 5.91 Å². The predicted molar refractivity (Wildman–Crippen MR) is 106 cm³/mol. The van der Waals surface area contributed by atoms with E-state index in [0.29, 0.717) is 24.7 Å². The minimum absolute atomic E-state index is 0. The summed E-state index contributed by atoms with van der Waals surface area (Å²) < 4.78 is 0. The van der Waals surface area contributed by atoms with Gasteiger partial charge in [-0.3, -0.25) is 9.79 Å². The van der Waals surface area contributed by atoms with E-state index in [1.54, 1.807) is 0 Å². The van der Waals surface area contributed by atoms with Crippen LogP contribution in [0.1, 0.15) is 43.0 Å². The number of hydrogen-bond donors (Lipinski definition) is 3. The SMILES string of the molecule is CCNC(=NCCNC(=O)c1ccccc1)NC1CCCC1.I. The first-order chi connectivity index (χ1) is 10.8. The smallest absolute Gasteiger partial charge is 0.251 e. The van der Waals surface area contributed by atoms with Gasteiger partial charge in [-0.25, -0.2) is 0 Å². The summed E-state index contributed by atoms with van der Waals surface area (Å²) in [5.41, 5.74) is 0.683. The van der Waals surface area contributed by atoms with Crippen molar-refractivity contribution in [3.63, 3.8) is 0 Å². The molecule has 2 rings (SSSR count). The maximum atomic E-state index is 11.9. The Hall–Kier alpha value is -1.31. The second-order valence-electron chi connectivity index (χ2n) is 5.51. The molecule has 0 aliphatic heterocycles. The van der Waals surface area contributed by atoms with E-state index in [1.807, 2.05) is 30.3 Å². The molecule has 128 valence electrons. The third-order valence-electron chi connectivity index (χ3n) is 3.74. The summed E-state index contributed by atoms with van der Waals surface area (Å²) in [5.74, 6) is 0.799. The van der Waals surface area contributed by atoms with E-state index in [9.17, 15) is 4.79 Å². The van der Waals surface area contributed by atoms with E-state index >= 15 is 0 Å². The fourth-order valence-corrected chi connectivity index (χ4v) is 2.61. The first-order valence-electron chi connectivity index (χ1n) is 8.17. The Morgan fingerprint density at radius 1 is 1.17 bits per heavy atom. The summed E-state index contributed by atoms with van der Waals surface area (Å²) in [6.07, 6.45) is 5.03. The zero-order valence-electron chi connectivity index (χ0n) is 13.7. The van der Waals surface area contributed by atoms with Crippen molar-refractivity contribution in [2.24, 2.45) is 4.99 Å². The first kappa shape index (κ1) is 19.7. The van der Waals surface area contributed by atoms with Gasteiger partial charge in [-0.05, 0) is 31.9 Å². The summed E-state index contributed by atoms with van der Waals surface area (Å²) in [6, 6.07) is 9.79. The van der Waals surface area contributed by atoms with Crippen molar-refractivity contribution >= 4 is 35.8 Å². The average Bonchev–Trinajstić information content (AvgIpc) is 3.05. The second-order valence-corrected chi connectivity index (χ2v) is 5.51. The number of nitrogens with zero attached hydrogens (tertiary/aromatic N) is 1. The Balaban J connectivity index is 0.00000264. The molecule has 23 heavy (non-hydrogen) atoms. The lowest BCUT2D eigenvalue weighted by molar-refractivity contribution is 0.0955. The van der Waals surface area contributed by atoms with Crippen molar-refractivity contribution in [2.75, 3.05) is 19.6 Å². The Morgan fingerprint density at radius 2 is 1.87 bits per heavy atom. The maximum Gasteiger partial charge on any atom is 0.251 e. The molecule has 0 bridgehead atoms. The van der Waals surface area contributed by atoms with Crippen LogP contribution >= 0.6 is 24.0 Å². The molecule has 1 amide bonds. The lowest BCUT2D eigenvalue weighted by Crippen LogP contribution is -2.42. The van der Waals surface area contributed by atoms with Crippen LogP contribution in [0, 0.1) is 0 Å². The molecule has 1 aliphatic rings. The van der Waals surface area contributed by atoms with E-state index in [1.165, 1.54) is 25.7 Å². The zero-order valence-corrected chi connectivity index (χ0v) is 16.0. The highest BCUT2D eigenvalue weighted by molar-refractivity contribution is 14.0. The number of aliphatic imine (C=N–C) groups is 1. The number of guanidine groups is 1. The van der Waals surface area contributed by atoms with Gasteiger partial charge in [-0.15, -0.1) is 24.0 Å². The molecular formula is C17H27IN4O. The Labute approximate surface area is 155 Å². The van der Waals surface area contributed by atoms with Crippen molar-refractivity contribution in [3.05, 3.63) is 35.9 Å². The molecule has 1 aromatic carbocycles. The monoisotopic (exact) mass is 430 g/mol. The van der Waals surface area contributed by atoms with E-state index in [4.69, 9.17) is 0 Å². The highest BCUT2D eigenvalue weighted by atomic mass is 127. The van der Waals surface area contributed by atoms with E-state index in [2.05, 4.69) is 27.9 Å². The number of halogens is 1. The van der Waals surface area contributed by atoms with Crippen LogP contribution in [0.15, 0.2) is 35.3 Å². The Bertz CT molecular complexity index is 487. The van der Waals surface area contributed by atoms with Crippen LogP contribution in [0.3, 0.4) is 0 Å². The van der Waals surface area contributed by atoms with E-state index in [0.717, 1.165) is 12.5 Å². The molecule has 5 nitrogen and oxygen atoms in total. The lowest BCUT2D eigenvalue weighted by atomic mass is 10.2. The predicted octanol–water partition coefficient (Wildman–Crippen LogP) is 2.53. The molecule has 6 heteroatoms. The average molecular weight is 430 g/mol. The number of rotatable bonds is 6. The molecule has 0 saturated heterocycles. The molecule has 1 fully saturated rings. The summed E-state index contributed by atoms with van der Waals surface area (Å²) in [4.78, 5) is 16.4. The third-order valence-corrected chi connectivity index (χ3v) is 3.74. The molecule has 0 heterocycles. The third kappa shape index (κ3) is 7.20. The van der Waals surface area contributed by atoms with Gasteiger partial charge in [0.05, 0.1) is 6.54 Å². The molecule has 0 unspecified atom stereocenters. The highest BCUT2D eigenvalue weighted by Gasteiger charge is 2.15. The zero-order chi connectivity index (χ0) is 15.6. The topological polar surface area (TPSA) is 65.5 Å². The number of hydrogen-bond acceptors (Lipinski definition) is 2. The largest absolute Gasteiger partial charge is 0.357 e. The molecule has 0 spiro atoms. The number of benzene rings is 1. The maximum absolute atomic E-state index is 11.9. The second kappa shape index (κ2) is 11.3. The first-order valence-corrected chi connectivity index (χ1v) is 8.17. The molecule has 0 atom stereocenters. The molecule has 0 radical (unpaired) electrons. The van der Waals surface area contributed by atoms with Crippen LogP contribution in [0.5, 0.6) is 0 Å². The molecule has 1 saturated carbocycles. The van der Waals surface area contributed by atoms with Gasteiger partial charge in [0.1, 0.15) is 0 Å². The van der Waals surface area contributed by atoms with Gasteiger partial charge >= 0.3 is 0 Å². The summed E-state index contributed by atoms with van der Waals surface area (Å²) in [5, 5.41) is 9.61. The van der Waals surface area contributed by atoms with Crippen LogP contribution in [0.25, 0.3) is 0 Å². The van der Waals surface area contributed by atoms with Gasteiger partial charge in [0, 0.05) is 24.7 Å². The van der Waals surface area contributed by atoms with Gasteiger partial charge in [0.15, 0.2) is 5.96 Å². The summed E-state index contributed by atoms with van der Waals surface area (Å²) in [7, 11) is 0. The van der Waals surface area contributed by atoms with Gasteiger partial charge < -0.3 is 16.0 Å².